The maximum absolute atomic E-state index is 12.2. The maximum Gasteiger partial charge on any atom is 0.410 e. The van der Waals surface area contributed by atoms with Crippen molar-refractivity contribution in [3.8, 4) is 0 Å². The highest BCUT2D eigenvalue weighted by Gasteiger charge is 2.36. The number of anilines is 1. The molecule has 3 rings (SSSR count). The molecule has 2 heterocycles. The van der Waals surface area contributed by atoms with Gasteiger partial charge in [-0.1, -0.05) is 17.7 Å². The lowest BCUT2D eigenvalue weighted by Crippen LogP contribution is -2.54. The standard InChI is InChI=1S/C16H21ClN2O2/c1-16(2,3)21-15(20)18-6-7-19-13(10-18)8-11-4-5-12(17)9-14(11)19/h4-5,9,13H,6-8,10H2,1-3H3. The van der Waals surface area contributed by atoms with Gasteiger partial charge in [-0.15, -0.1) is 0 Å². The summed E-state index contributed by atoms with van der Waals surface area (Å²) in [5, 5.41) is 0.768. The van der Waals surface area contributed by atoms with Crippen molar-refractivity contribution >= 4 is 23.4 Å². The van der Waals surface area contributed by atoms with Crippen molar-refractivity contribution in [2.75, 3.05) is 24.5 Å². The Hall–Kier alpha value is -1.42. The third kappa shape index (κ3) is 2.95. The number of hydrogen-bond acceptors (Lipinski definition) is 3. The van der Waals surface area contributed by atoms with E-state index in [1.165, 1.54) is 11.3 Å². The molecule has 4 nitrogen and oxygen atoms in total. The van der Waals surface area contributed by atoms with Crippen LogP contribution in [0.2, 0.25) is 5.02 Å². The summed E-state index contributed by atoms with van der Waals surface area (Å²) in [5.74, 6) is 0. The Labute approximate surface area is 130 Å². The summed E-state index contributed by atoms with van der Waals surface area (Å²) >= 11 is 6.10. The van der Waals surface area contributed by atoms with E-state index in [1.54, 1.807) is 0 Å². The second-order valence-corrected chi connectivity index (χ2v) is 7.19. The first-order chi connectivity index (χ1) is 9.83. The average Bonchev–Trinajstić information content (AvgIpc) is 2.73. The van der Waals surface area contributed by atoms with Crippen LogP contribution in [0.4, 0.5) is 10.5 Å². The number of hydrogen-bond donors (Lipinski definition) is 0. The molecule has 0 radical (unpaired) electrons. The molecule has 5 heteroatoms. The van der Waals surface area contributed by atoms with Crippen molar-refractivity contribution in [2.45, 2.75) is 38.8 Å². The number of amides is 1. The van der Waals surface area contributed by atoms with Gasteiger partial charge in [-0.3, -0.25) is 0 Å². The van der Waals surface area contributed by atoms with Gasteiger partial charge in [-0.2, -0.15) is 0 Å². The number of nitrogens with zero attached hydrogens (tertiary/aromatic N) is 2. The molecule has 2 aliphatic rings. The lowest BCUT2D eigenvalue weighted by atomic mass is 10.1. The number of halogens is 1. The van der Waals surface area contributed by atoms with Gasteiger partial charge < -0.3 is 14.5 Å². The summed E-state index contributed by atoms with van der Waals surface area (Å²) in [5.41, 5.74) is 2.09. The first kappa shape index (κ1) is 14.5. The lowest BCUT2D eigenvalue weighted by molar-refractivity contribution is 0.0217. The van der Waals surface area contributed by atoms with E-state index < -0.39 is 5.60 Å². The highest BCUT2D eigenvalue weighted by molar-refractivity contribution is 6.30. The fourth-order valence-electron chi connectivity index (χ4n) is 3.07. The zero-order chi connectivity index (χ0) is 15.2. The summed E-state index contributed by atoms with van der Waals surface area (Å²) in [6.07, 6.45) is 0.752. The van der Waals surface area contributed by atoms with Crippen LogP contribution in [0, 0.1) is 0 Å². The topological polar surface area (TPSA) is 32.8 Å². The van der Waals surface area contributed by atoms with Gasteiger partial charge in [0.1, 0.15) is 5.60 Å². The Kier molecular flexibility index (Phi) is 3.52. The SMILES string of the molecule is CC(C)(C)OC(=O)N1CCN2c3cc(Cl)ccc3CC2C1. The average molecular weight is 309 g/mol. The zero-order valence-corrected chi connectivity index (χ0v) is 13.5. The van der Waals surface area contributed by atoms with E-state index in [4.69, 9.17) is 16.3 Å². The van der Waals surface area contributed by atoms with Crippen molar-refractivity contribution in [1.82, 2.24) is 4.90 Å². The van der Waals surface area contributed by atoms with E-state index in [0.717, 1.165) is 18.0 Å². The molecule has 0 N–H and O–H groups in total. The summed E-state index contributed by atoms with van der Waals surface area (Å²) in [7, 11) is 0. The molecule has 1 fully saturated rings. The Morgan fingerprint density at radius 2 is 2.10 bits per heavy atom. The predicted octanol–water partition coefficient (Wildman–Crippen LogP) is 3.32. The molecule has 1 aromatic rings. The molecule has 2 aliphatic heterocycles. The monoisotopic (exact) mass is 308 g/mol. The molecule has 1 amide bonds. The Balaban J connectivity index is 1.71. The van der Waals surface area contributed by atoms with E-state index >= 15 is 0 Å². The molecule has 0 saturated carbocycles. The van der Waals surface area contributed by atoms with Crippen LogP contribution < -0.4 is 4.90 Å². The molecular weight excluding hydrogens is 288 g/mol. The molecule has 1 unspecified atom stereocenters. The van der Waals surface area contributed by atoms with Gasteiger partial charge in [0.15, 0.2) is 0 Å². The summed E-state index contributed by atoms with van der Waals surface area (Å²) < 4.78 is 5.47. The molecule has 114 valence electrons. The van der Waals surface area contributed by atoms with E-state index in [9.17, 15) is 4.79 Å². The van der Waals surface area contributed by atoms with Crippen LogP contribution in [-0.2, 0) is 11.2 Å². The molecule has 21 heavy (non-hydrogen) atoms. The number of carbonyl (C=O) groups excluding carboxylic acids is 1. The van der Waals surface area contributed by atoms with Crippen molar-refractivity contribution in [3.63, 3.8) is 0 Å². The smallest absolute Gasteiger partial charge is 0.410 e. The molecule has 0 bridgehead atoms. The summed E-state index contributed by atoms with van der Waals surface area (Å²) in [4.78, 5) is 16.4. The Morgan fingerprint density at radius 3 is 2.81 bits per heavy atom. The number of fused-ring (bicyclic) bond motifs is 3. The first-order valence-electron chi connectivity index (χ1n) is 7.36. The zero-order valence-electron chi connectivity index (χ0n) is 12.7. The minimum atomic E-state index is -0.444. The van der Waals surface area contributed by atoms with E-state index in [1.807, 2.05) is 37.8 Å². The Morgan fingerprint density at radius 1 is 1.33 bits per heavy atom. The summed E-state index contributed by atoms with van der Waals surface area (Å²) in [6.45, 7) is 7.92. The molecule has 1 saturated heterocycles. The van der Waals surface area contributed by atoms with Crippen LogP contribution in [0.1, 0.15) is 26.3 Å². The molecule has 0 aromatic heterocycles. The molecule has 1 aromatic carbocycles. The van der Waals surface area contributed by atoms with Gasteiger partial charge in [-0.05, 0) is 44.9 Å². The van der Waals surface area contributed by atoms with Crippen molar-refractivity contribution in [3.05, 3.63) is 28.8 Å². The summed E-state index contributed by atoms with van der Waals surface area (Å²) in [6, 6.07) is 6.39. The van der Waals surface area contributed by atoms with Gasteiger partial charge in [0.25, 0.3) is 0 Å². The predicted molar refractivity (Wildman–Crippen MR) is 84.1 cm³/mol. The molecule has 0 spiro atoms. The van der Waals surface area contributed by atoms with Gasteiger partial charge in [-0.25, -0.2) is 4.79 Å². The van der Waals surface area contributed by atoms with Crippen LogP contribution >= 0.6 is 11.6 Å². The number of piperazine rings is 1. The third-order valence-corrected chi connectivity index (χ3v) is 4.18. The highest BCUT2D eigenvalue weighted by atomic mass is 35.5. The maximum atomic E-state index is 12.2. The van der Waals surface area contributed by atoms with Crippen molar-refractivity contribution in [1.29, 1.82) is 0 Å². The second-order valence-electron chi connectivity index (χ2n) is 6.75. The fraction of sp³-hybridized carbons (Fsp3) is 0.562. The quantitative estimate of drug-likeness (QED) is 0.737. The highest BCUT2D eigenvalue weighted by Crippen LogP contribution is 2.36. The Bertz CT molecular complexity index is 568. The largest absolute Gasteiger partial charge is 0.444 e. The van der Waals surface area contributed by atoms with E-state index in [2.05, 4.69) is 11.0 Å². The first-order valence-corrected chi connectivity index (χ1v) is 7.74. The minimum absolute atomic E-state index is 0.212. The van der Waals surface area contributed by atoms with Crippen LogP contribution in [0.15, 0.2) is 18.2 Å². The molecular formula is C16H21ClN2O2. The number of carbonyl (C=O) groups is 1. The van der Waals surface area contributed by atoms with Gasteiger partial charge in [0, 0.05) is 30.3 Å². The fourth-order valence-corrected chi connectivity index (χ4v) is 3.24. The lowest BCUT2D eigenvalue weighted by Gasteiger charge is -2.39. The number of ether oxygens (including phenoxy) is 1. The van der Waals surface area contributed by atoms with Gasteiger partial charge in [0.05, 0.1) is 6.04 Å². The normalized spacial score (nSPS) is 21.0. The van der Waals surface area contributed by atoms with Crippen LogP contribution in [0.5, 0.6) is 0 Å². The molecule has 0 aliphatic carbocycles. The molecule has 1 atom stereocenters. The van der Waals surface area contributed by atoms with E-state index in [-0.39, 0.29) is 6.09 Å². The van der Waals surface area contributed by atoms with Crippen molar-refractivity contribution in [2.24, 2.45) is 0 Å². The second kappa shape index (κ2) is 5.09. The number of benzene rings is 1. The van der Waals surface area contributed by atoms with Crippen LogP contribution in [0.25, 0.3) is 0 Å². The van der Waals surface area contributed by atoms with Gasteiger partial charge in [0.2, 0.25) is 0 Å². The third-order valence-electron chi connectivity index (χ3n) is 3.95. The van der Waals surface area contributed by atoms with Gasteiger partial charge >= 0.3 is 6.09 Å². The van der Waals surface area contributed by atoms with Crippen LogP contribution in [0.3, 0.4) is 0 Å². The van der Waals surface area contributed by atoms with Crippen molar-refractivity contribution < 1.29 is 9.53 Å². The minimum Gasteiger partial charge on any atom is -0.444 e. The van der Waals surface area contributed by atoms with Crippen LogP contribution in [-0.4, -0.2) is 42.3 Å². The number of rotatable bonds is 0. The van der Waals surface area contributed by atoms with E-state index in [0.29, 0.717) is 19.1 Å².